The second-order valence-corrected chi connectivity index (χ2v) is 9.60. The van der Waals surface area contributed by atoms with Crippen LogP contribution in [-0.4, -0.2) is 55.0 Å². The van der Waals surface area contributed by atoms with E-state index in [9.17, 15) is 14.4 Å². The van der Waals surface area contributed by atoms with Gasteiger partial charge in [-0.3, -0.25) is 14.6 Å². The largest absolute Gasteiger partial charge is 0.449 e. The third kappa shape index (κ3) is 6.80. The van der Waals surface area contributed by atoms with E-state index in [2.05, 4.69) is 33.1 Å². The second kappa shape index (κ2) is 12.6. The molecule has 196 valence electrons. The van der Waals surface area contributed by atoms with Crippen LogP contribution in [0.4, 0.5) is 4.79 Å². The van der Waals surface area contributed by atoms with Crippen molar-refractivity contribution in [3.05, 3.63) is 59.7 Å². The fourth-order valence-electron chi connectivity index (χ4n) is 4.88. The summed E-state index contributed by atoms with van der Waals surface area (Å²) in [5, 5.41) is 8.28. The van der Waals surface area contributed by atoms with Gasteiger partial charge in [0.2, 0.25) is 11.8 Å². The molecule has 0 spiro atoms. The Bertz CT molecular complexity index is 1120. The van der Waals surface area contributed by atoms with E-state index in [-0.39, 0.29) is 23.7 Å². The Morgan fingerprint density at radius 2 is 1.73 bits per heavy atom. The molecule has 0 aromatic heterocycles. The van der Waals surface area contributed by atoms with Gasteiger partial charge < -0.3 is 26.4 Å². The normalized spacial score (nSPS) is 20.3. The summed E-state index contributed by atoms with van der Waals surface area (Å²) >= 11 is 5.55. The molecule has 3 amide bonds. The maximum atomic E-state index is 13.0. The van der Waals surface area contributed by atoms with Crippen LogP contribution in [0.5, 0.6) is 0 Å². The number of benzene rings is 2. The lowest BCUT2D eigenvalue weighted by Crippen LogP contribution is -2.54. The first-order chi connectivity index (χ1) is 17.9. The Kier molecular flexibility index (Phi) is 9.00. The van der Waals surface area contributed by atoms with Gasteiger partial charge in [0, 0.05) is 19.0 Å². The summed E-state index contributed by atoms with van der Waals surface area (Å²) in [5.74, 6) is -0.761. The van der Waals surface area contributed by atoms with Gasteiger partial charge in [0.25, 0.3) is 0 Å². The minimum absolute atomic E-state index is 0.0493. The van der Waals surface area contributed by atoms with Crippen LogP contribution in [0.15, 0.2) is 53.5 Å². The SMILES string of the molecule is NC(Cl)=NCCCC1NC(=O)C(NC(=O)OCC2c3ccccc3-c3ccccc32)CCCCNC1=O. The van der Waals surface area contributed by atoms with Gasteiger partial charge in [-0.1, -0.05) is 48.5 Å². The van der Waals surface area contributed by atoms with Gasteiger partial charge in [-0.05, 0) is 66.0 Å². The number of amidine groups is 1. The summed E-state index contributed by atoms with van der Waals surface area (Å²) in [4.78, 5) is 42.3. The molecule has 0 bridgehead atoms. The predicted octanol–water partition coefficient (Wildman–Crippen LogP) is 3.01. The van der Waals surface area contributed by atoms with Crippen LogP contribution in [0, 0.1) is 0 Å². The van der Waals surface area contributed by atoms with Gasteiger partial charge in [0.1, 0.15) is 18.7 Å². The van der Waals surface area contributed by atoms with Crippen molar-refractivity contribution in [1.29, 1.82) is 0 Å². The second-order valence-electron chi connectivity index (χ2n) is 9.22. The Balaban J connectivity index is 1.37. The Hall–Kier alpha value is -3.59. The molecule has 2 unspecified atom stereocenters. The molecule has 1 saturated heterocycles. The number of aliphatic imine (C=N–C) groups is 1. The number of carbonyl (C=O) groups excluding carboxylic acids is 3. The highest BCUT2D eigenvalue weighted by molar-refractivity contribution is 6.64. The lowest BCUT2D eigenvalue weighted by atomic mass is 9.98. The number of nitrogens with one attached hydrogen (secondary N) is 3. The molecule has 10 heteroatoms. The van der Waals surface area contributed by atoms with E-state index < -0.39 is 24.1 Å². The fraction of sp³-hybridized carbons (Fsp3) is 0.407. The standard InChI is InChI=1S/C27H32ClN5O4/c28-26(29)31-15-7-13-22-24(34)30-14-6-5-12-23(25(35)32-22)33-27(36)37-16-21-19-10-3-1-8-17(19)18-9-2-4-11-20(18)21/h1-4,8-11,21-23H,5-7,12-16H2,(H2,29,31)(H,30,34)(H,32,35)(H,33,36). The molecular weight excluding hydrogens is 494 g/mol. The van der Waals surface area contributed by atoms with Crippen molar-refractivity contribution >= 4 is 34.8 Å². The van der Waals surface area contributed by atoms with E-state index in [1.54, 1.807) is 0 Å². The zero-order valence-electron chi connectivity index (χ0n) is 20.5. The van der Waals surface area contributed by atoms with E-state index in [0.717, 1.165) is 22.3 Å². The molecule has 5 N–H and O–H groups in total. The first-order valence-corrected chi connectivity index (χ1v) is 13.0. The number of halogens is 1. The van der Waals surface area contributed by atoms with Crippen LogP contribution in [0.1, 0.15) is 49.1 Å². The highest BCUT2D eigenvalue weighted by atomic mass is 35.5. The Morgan fingerprint density at radius 1 is 1.05 bits per heavy atom. The summed E-state index contributed by atoms with van der Waals surface area (Å²) in [6.07, 6.45) is 2.01. The van der Waals surface area contributed by atoms with E-state index in [1.165, 1.54) is 0 Å². The van der Waals surface area contributed by atoms with Crippen molar-refractivity contribution in [2.75, 3.05) is 19.7 Å². The highest BCUT2D eigenvalue weighted by Gasteiger charge is 2.31. The van der Waals surface area contributed by atoms with Gasteiger partial charge in [0.05, 0.1) is 0 Å². The molecule has 2 atom stereocenters. The summed E-state index contributed by atoms with van der Waals surface area (Å²) in [6.45, 7) is 0.996. The zero-order chi connectivity index (χ0) is 26.2. The summed E-state index contributed by atoms with van der Waals surface area (Å²) in [6, 6.07) is 14.6. The van der Waals surface area contributed by atoms with E-state index in [1.807, 2.05) is 36.4 Å². The van der Waals surface area contributed by atoms with Crippen molar-refractivity contribution in [3.8, 4) is 11.1 Å². The number of amides is 3. The summed E-state index contributed by atoms with van der Waals surface area (Å²) in [7, 11) is 0. The molecule has 9 nitrogen and oxygen atoms in total. The van der Waals surface area contributed by atoms with Crippen LogP contribution >= 0.6 is 11.6 Å². The lowest BCUT2D eigenvalue weighted by Gasteiger charge is -2.25. The molecule has 2 aromatic carbocycles. The average molecular weight is 526 g/mol. The first-order valence-electron chi connectivity index (χ1n) is 12.6. The number of alkyl carbamates (subject to hydrolysis) is 1. The molecule has 2 aromatic rings. The molecule has 1 heterocycles. The third-order valence-corrected chi connectivity index (χ3v) is 6.84. The number of nitrogens with two attached hydrogens (primary N) is 1. The van der Waals surface area contributed by atoms with E-state index in [4.69, 9.17) is 22.1 Å². The molecule has 2 aliphatic rings. The number of hydrogen-bond donors (Lipinski definition) is 4. The van der Waals surface area contributed by atoms with Gasteiger partial charge in [-0.2, -0.15) is 0 Å². The van der Waals surface area contributed by atoms with Gasteiger partial charge in [-0.25, -0.2) is 4.79 Å². The van der Waals surface area contributed by atoms with E-state index in [0.29, 0.717) is 45.2 Å². The van der Waals surface area contributed by atoms with Crippen molar-refractivity contribution in [1.82, 2.24) is 16.0 Å². The molecule has 1 aliphatic heterocycles. The zero-order valence-corrected chi connectivity index (χ0v) is 21.3. The predicted molar refractivity (Wildman–Crippen MR) is 142 cm³/mol. The number of carbonyl (C=O) groups is 3. The number of ether oxygens (including phenoxy) is 1. The third-order valence-electron chi connectivity index (χ3n) is 6.72. The number of nitrogens with zero attached hydrogens (tertiary/aromatic N) is 1. The molecule has 37 heavy (non-hydrogen) atoms. The summed E-state index contributed by atoms with van der Waals surface area (Å²) < 4.78 is 5.62. The lowest BCUT2D eigenvalue weighted by molar-refractivity contribution is -0.130. The maximum absolute atomic E-state index is 13.0. The van der Waals surface area contributed by atoms with E-state index >= 15 is 0 Å². The van der Waals surface area contributed by atoms with Crippen LogP contribution in [0.25, 0.3) is 11.1 Å². The highest BCUT2D eigenvalue weighted by Crippen LogP contribution is 2.44. The van der Waals surface area contributed by atoms with Crippen molar-refractivity contribution in [2.45, 2.75) is 50.1 Å². The molecule has 1 aliphatic carbocycles. The van der Waals surface area contributed by atoms with Crippen LogP contribution in [-0.2, 0) is 14.3 Å². The number of fused-ring (bicyclic) bond motifs is 3. The minimum Gasteiger partial charge on any atom is -0.449 e. The molecular formula is C27H32ClN5O4. The number of hydrogen-bond acceptors (Lipinski definition) is 5. The van der Waals surface area contributed by atoms with Crippen molar-refractivity contribution in [3.63, 3.8) is 0 Å². The van der Waals surface area contributed by atoms with Crippen molar-refractivity contribution < 1.29 is 19.1 Å². The summed E-state index contributed by atoms with van der Waals surface area (Å²) in [5.41, 5.74) is 9.84. The van der Waals surface area contributed by atoms with Crippen LogP contribution < -0.4 is 21.7 Å². The quantitative estimate of drug-likeness (QED) is 0.191. The van der Waals surface area contributed by atoms with Crippen LogP contribution in [0.3, 0.4) is 0 Å². The molecule has 0 radical (unpaired) electrons. The maximum Gasteiger partial charge on any atom is 0.407 e. The topological polar surface area (TPSA) is 135 Å². The average Bonchev–Trinajstić information content (AvgIpc) is 3.21. The monoisotopic (exact) mass is 525 g/mol. The number of rotatable bonds is 7. The molecule has 1 fully saturated rings. The van der Waals surface area contributed by atoms with Gasteiger partial charge in [-0.15, -0.1) is 0 Å². The Labute approximate surface area is 221 Å². The first kappa shape index (κ1) is 26.5. The van der Waals surface area contributed by atoms with Gasteiger partial charge >= 0.3 is 6.09 Å². The molecule has 4 rings (SSSR count). The Morgan fingerprint density at radius 3 is 2.41 bits per heavy atom. The van der Waals surface area contributed by atoms with Gasteiger partial charge in [0.15, 0.2) is 5.29 Å². The molecule has 0 saturated carbocycles. The smallest absolute Gasteiger partial charge is 0.407 e. The van der Waals surface area contributed by atoms with Crippen molar-refractivity contribution in [2.24, 2.45) is 10.7 Å². The minimum atomic E-state index is -0.805. The fourth-order valence-corrected chi connectivity index (χ4v) is 4.97. The van der Waals surface area contributed by atoms with Crippen LogP contribution in [0.2, 0.25) is 0 Å².